The van der Waals surface area contributed by atoms with Gasteiger partial charge in [0.1, 0.15) is 0 Å². The topological polar surface area (TPSA) is 105 Å². The average Bonchev–Trinajstić information content (AvgIpc) is 2.45. The molecule has 1 aromatic carbocycles. The van der Waals surface area contributed by atoms with Crippen LogP contribution in [0.3, 0.4) is 0 Å². The number of amides is 2. The highest BCUT2D eigenvalue weighted by molar-refractivity contribution is 6.04. The number of anilines is 1. The number of carboxylic acids is 1. The number of rotatable bonds is 5. The van der Waals surface area contributed by atoms with E-state index in [-0.39, 0.29) is 18.2 Å². The first kappa shape index (κ1) is 16.8. The summed E-state index contributed by atoms with van der Waals surface area (Å²) in [5.74, 6) is -1.23. The fourth-order valence-corrected chi connectivity index (χ4v) is 2.26. The predicted octanol–water partition coefficient (Wildman–Crippen LogP) is 1.78. The van der Waals surface area contributed by atoms with Crippen molar-refractivity contribution in [2.24, 2.45) is 0 Å². The van der Waals surface area contributed by atoms with Crippen LogP contribution < -0.4 is 15.4 Å². The normalized spacial score (nSPS) is 16.8. The smallest absolute Gasteiger partial charge is 0.303 e. The molecule has 23 heavy (non-hydrogen) atoms. The molecule has 1 heterocycles. The van der Waals surface area contributed by atoms with E-state index in [0.29, 0.717) is 23.4 Å². The van der Waals surface area contributed by atoms with E-state index >= 15 is 0 Å². The maximum absolute atomic E-state index is 12.5. The molecule has 1 aliphatic rings. The van der Waals surface area contributed by atoms with Crippen LogP contribution in [0.15, 0.2) is 18.2 Å². The maximum atomic E-state index is 12.5. The zero-order chi connectivity index (χ0) is 17.2. The van der Waals surface area contributed by atoms with Gasteiger partial charge in [0.25, 0.3) is 11.8 Å². The van der Waals surface area contributed by atoms with Crippen molar-refractivity contribution >= 4 is 23.5 Å². The van der Waals surface area contributed by atoms with Crippen LogP contribution in [-0.2, 0) is 9.59 Å². The lowest BCUT2D eigenvalue weighted by Gasteiger charge is -2.28. The third kappa shape index (κ3) is 4.00. The number of carboxylic acid groups (broad SMARTS) is 1. The van der Waals surface area contributed by atoms with E-state index in [9.17, 15) is 14.4 Å². The van der Waals surface area contributed by atoms with Crippen molar-refractivity contribution in [1.29, 1.82) is 0 Å². The molecule has 0 aromatic heterocycles. The summed E-state index contributed by atoms with van der Waals surface area (Å²) in [4.78, 5) is 34.8. The second-order valence-corrected chi connectivity index (χ2v) is 6.16. The number of ether oxygens (including phenoxy) is 1. The number of hydrogen-bond acceptors (Lipinski definition) is 4. The van der Waals surface area contributed by atoms with Gasteiger partial charge in [-0.05, 0) is 39.3 Å². The van der Waals surface area contributed by atoms with Gasteiger partial charge in [-0.2, -0.15) is 0 Å². The third-order valence-electron chi connectivity index (χ3n) is 3.60. The van der Waals surface area contributed by atoms with Gasteiger partial charge in [0, 0.05) is 12.0 Å². The molecule has 1 unspecified atom stereocenters. The molecule has 2 amide bonds. The molecule has 3 N–H and O–H groups in total. The molecule has 0 saturated heterocycles. The van der Waals surface area contributed by atoms with Gasteiger partial charge in [-0.3, -0.25) is 14.4 Å². The van der Waals surface area contributed by atoms with Gasteiger partial charge in [-0.1, -0.05) is 6.07 Å². The summed E-state index contributed by atoms with van der Waals surface area (Å²) in [6.07, 6.45) is -0.419. The molecule has 1 atom stereocenters. The summed E-state index contributed by atoms with van der Waals surface area (Å²) in [6, 6.07) is 4.91. The Morgan fingerprint density at radius 3 is 2.74 bits per heavy atom. The van der Waals surface area contributed by atoms with Crippen LogP contribution in [0, 0.1) is 0 Å². The lowest BCUT2D eigenvalue weighted by molar-refractivity contribution is -0.137. The van der Waals surface area contributed by atoms with Gasteiger partial charge in [-0.25, -0.2) is 0 Å². The Labute approximate surface area is 134 Å². The highest BCUT2D eigenvalue weighted by Crippen LogP contribution is 2.33. The number of hydrogen-bond donors (Lipinski definition) is 3. The number of nitrogens with one attached hydrogen (secondary N) is 2. The summed E-state index contributed by atoms with van der Waals surface area (Å²) in [5.41, 5.74) is 0.0729. The average molecular weight is 320 g/mol. The van der Waals surface area contributed by atoms with Crippen molar-refractivity contribution < 1.29 is 24.2 Å². The summed E-state index contributed by atoms with van der Waals surface area (Å²) >= 11 is 0. The van der Waals surface area contributed by atoms with Crippen LogP contribution in [0.4, 0.5) is 5.69 Å². The molecule has 0 aliphatic carbocycles. The maximum Gasteiger partial charge on any atom is 0.303 e. The summed E-state index contributed by atoms with van der Waals surface area (Å²) in [5, 5.41) is 14.3. The molecular weight excluding hydrogens is 300 g/mol. The lowest BCUT2D eigenvalue weighted by atomic mass is 9.97. The highest BCUT2D eigenvalue weighted by Gasteiger charge is 2.29. The van der Waals surface area contributed by atoms with Crippen LogP contribution in [0.2, 0.25) is 0 Å². The first-order valence-corrected chi connectivity index (χ1v) is 7.34. The molecule has 7 heteroatoms. The van der Waals surface area contributed by atoms with Crippen LogP contribution >= 0.6 is 0 Å². The molecular formula is C16H20N2O5. The Hall–Kier alpha value is -2.57. The van der Waals surface area contributed by atoms with E-state index in [1.54, 1.807) is 39.0 Å². The minimum Gasteiger partial charge on any atom is -0.481 e. The molecule has 0 spiro atoms. The van der Waals surface area contributed by atoms with Crippen LogP contribution in [0.25, 0.3) is 0 Å². The number of carbonyl (C=O) groups excluding carboxylic acids is 2. The minimum absolute atomic E-state index is 0.0379. The van der Waals surface area contributed by atoms with E-state index in [2.05, 4.69) is 10.6 Å². The first-order valence-electron chi connectivity index (χ1n) is 7.34. The van der Waals surface area contributed by atoms with Crippen LogP contribution in [0.1, 0.15) is 44.0 Å². The van der Waals surface area contributed by atoms with Crippen molar-refractivity contribution in [3.63, 3.8) is 0 Å². The Kier molecular flexibility index (Phi) is 4.58. The molecule has 1 aromatic rings. The van der Waals surface area contributed by atoms with E-state index in [1.807, 2.05) is 0 Å². The van der Waals surface area contributed by atoms with Crippen molar-refractivity contribution in [3.05, 3.63) is 23.8 Å². The zero-order valence-corrected chi connectivity index (χ0v) is 13.3. The van der Waals surface area contributed by atoms with Gasteiger partial charge in [0.05, 0.1) is 11.3 Å². The number of para-hydroxylation sites is 1. The Bertz CT molecular complexity index is 654. The summed E-state index contributed by atoms with van der Waals surface area (Å²) in [6.45, 7) is 5.12. The quantitative estimate of drug-likeness (QED) is 0.767. The second kappa shape index (κ2) is 6.28. The Balaban J connectivity index is 2.19. The molecule has 124 valence electrons. The number of carbonyl (C=O) groups is 3. The first-order chi connectivity index (χ1) is 10.7. The largest absolute Gasteiger partial charge is 0.481 e. The number of fused-ring (bicyclic) bond motifs is 1. The van der Waals surface area contributed by atoms with Crippen LogP contribution in [0.5, 0.6) is 5.75 Å². The minimum atomic E-state index is -0.913. The van der Waals surface area contributed by atoms with Gasteiger partial charge in [-0.15, -0.1) is 0 Å². The van der Waals surface area contributed by atoms with Crippen molar-refractivity contribution in [2.75, 3.05) is 5.32 Å². The van der Waals surface area contributed by atoms with Crippen LogP contribution in [-0.4, -0.2) is 34.5 Å². The fourth-order valence-electron chi connectivity index (χ4n) is 2.26. The van der Waals surface area contributed by atoms with Gasteiger partial charge in [0.2, 0.25) is 0 Å². The van der Waals surface area contributed by atoms with Crippen molar-refractivity contribution in [1.82, 2.24) is 5.32 Å². The van der Waals surface area contributed by atoms with Gasteiger partial charge in [0.15, 0.2) is 11.9 Å². The summed E-state index contributed by atoms with van der Waals surface area (Å²) in [7, 11) is 0. The van der Waals surface area contributed by atoms with Gasteiger partial charge >= 0.3 is 5.97 Å². The van der Waals surface area contributed by atoms with E-state index in [1.165, 1.54) is 0 Å². The van der Waals surface area contributed by atoms with Gasteiger partial charge < -0.3 is 20.5 Å². The predicted molar refractivity (Wildman–Crippen MR) is 83.6 cm³/mol. The molecule has 0 radical (unpaired) electrons. The summed E-state index contributed by atoms with van der Waals surface area (Å²) < 4.78 is 5.54. The Morgan fingerprint density at radius 1 is 1.39 bits per heavy atom. The highest BCUT2D eigenvalue weighted by atomic mass is 16.5. The zero-order valence-electron chi connectivity index (χ0n) is 13.3. The molecule has 0 fully saturated rings. The molecule has 2 rings (SSSR count). The van der Waals surface area contributed by atoms with E-state index < -0.39 is 17.6 Å². The lowest BCUT2D eigenvalue weighted by Crippen LogP contribution is -2.44. The SMILES string of the molecule is CC1Oc2c(cccc2C(=O)NC(C)(C)CCC(=O)O)NC1=O. The molecule has 0 saturated carbocycles. The molecule has 1 aliphatic heterocycles. The fraction of sp³-hybridized carbons (Fsp3) is 0.438. The third-order valence-corrected chi connectivity index (χ3v) is 3.60. The number of aliphatic carboxylic acids is 1. The van der Waals surface area contributed by atoms with Crippen molar-refractivity contribution in [2.45, 2.75) is 45.3 Å². The van der Waals surface area contributed by atoms with E-state index in [0.717, 1.165) is 0 Å². The van der Waals surface area contributed by atoms with Crippen molar-refractivity contribution in [3.8, 4) is 5.75 Å². The number of benzene rings is 1. The standard InChI is InChI=1S/C16H20N2O5/c1-9-14(21)17-11-6-4-5-10(13(11)23-9)15(22)18-16(2,3)8-7-12(19)20/h4-6,9H,7-8H2,1-3H3,(H,17,21)(H,18,22)(H,19,20). The molecule has 7 nitrogen and oxygen atoms in total. The second-order valence-electron chi connectivity index (χ2n) is 6.16. The van der Waals surface area contributed by atoms with E-state index in [4.69, 9.17) is 9.84 Å². The molecule has 0 bridgehead atoms. The Morgan fingerprint density at radius 2 is 2.09 bits per heavy atom. The monoisotopic (exact) mass is 320 g/mol.